The highest BCUT2D eigenvalue weighted by atomic mass is 16.3. The van der Waals surface area contributed by atoms with Crippen LogP contribution >= 0.6 is 0 Å². The molecule has 0 fully saturated rings. The summed E-state index contributed by atoms with van der Waals surface area (Å²) in [6, 6.07) is 6.49. The third-order valence-corrected chi connectivity index (χ3v) is 4.84. The lowest BCUT2D eigenvalue weighted by molar-refractivity contribution is -0.0191. The normalized spacial score (nSPS) is 16.2. The zero-order chi connectivity index (χ0) is 15.3. The summed E-state index contributed by atoms with van der Waals surface area (Å²) in [6.07, 6.45) is 1.35. The first-order valence-corrected chi connectivity index (χ1v) is 7.88. The van der Waals surface area contributed by atoms with Gasteiger partial charge in [0.05, 0.1) is 6.10 Å². The highest BCUT2D eigenvalue weighted by Crippen LogP contribution is 2.27. The molecule has 0 spiro atoms. The Kier molecular flexibility index (Phi) is 6.22. The van der Waals surface area contributed by atoms with Gasteiger partial charge in [0.15, 0.2) is 0 Å². The molecule has 1 rings (SSSR count). The van der Waals surface area contributed by atoms with E-state index < -0.39 is 0 Å². The van der Waals surface area contributed by atoms with Gasteiger partial charge in [0, 0.05) is 12.0 Å². The number of aryl methyl sites for hydroxylation is 2. The van der Waals surface area contributed by atoms with E-state index in [1.807, 2.05) is 0 Å². The molecule has 1 aromatic rings. The Morgan fingerprint density at radius 3 is 2.25 bits per heavy atom. The molecule has 0 aromatic heterocycles. The molecule has 2 unspecified atom stereocenters. The number of nitrogens with zero attached hydrogens (tertiary/aromatic N) is 1. The zero-order valence-electron chi connectivity index (χ0n) is 14.0. The third-order valence-electron chi connectivity index (χ3n) is 4.84. The lowest BCUT2D eigenvalue weighted by Gasteiger charge is -2.43. The number of aliphatic hydroxyl groups is 1. The van der Waals surface area contributed by atoms with E-state index >= 15 is 0 Å². The summed E-state index contributed by atoms with van der Waals surface area (Å²) in [7, 11) is 0. The van der Waals surface area contributed by atoms with Crippen LogP contribution in [0.3, 0.4) is 0 Å². The summed E-state index contributed by atoms with van der Waals surface area (Å²) in [5, 5.41) is 10.8. The monoisotopic (exact) mass is 277 g/mol. The molecule has 0 radical (unpaired) electrons. The predicted octanol–water partition coefficient (Wildman–Crippen LogP) is 3.72. The standard InChI is InChI=1S/C18H31NO/c1-7-18(6,19(8-2)9-3)17(20)13-16-12-14(4)10-11-15(16)5/h10-12,17,20H,7-9,13H2,1-6H3. The van der Waals surface area contributed by atoms with Gasteiger partial charge in [-0.25, -0.2) is 0 Å². The molecule has 2 heteroatoms. The predicted molar refractivity (Wildman–Crippen MR) is 87.2 cm³/mol. The van der Waals surface area contributed by atoms with E-state index in [1.54, 1.807) is 0 Å². The Balaban J connectivity index is 2.97. The van der Waals surface area contributed by atoms with Crippen molar-refractivity contribution in [3.05, 3.63) is 34.9 Å². The first kappa shape index (κ1) is 17.2. The van der Waals surface area contributed by atoms with E-state index in [9.17, 15) is 5.11 Å². The van der Waals surface area contributed by atoms with Gasteiger partial charge in [-0.2, -0.15) is 0 Å². The molecule has 0 saturated carbocycles. The summed E-state index contributed by atoms with van der Waals surface area (Å²) in [5.41, 5.74) is 3.65. The number of aliphatic hydroxyl groups excluding tert-OH is 1. The van der Waals surface area contributed by atoms with Crippen molar-refractivity contribution >= 4 is 0 Å². The molecule has 0 saturated heterocycles. The van der Waals surface area contributed by atoms with Gasteiger partial charge in [0.2, 0.25) is 0 Å². The van der Waals surface area contributed by atoms with Crippen LogP contribution in [0.5, 0.6) is 0 Å². The van der Waals surface area contributed by atoms with Gasteiger partial charge < -0.3 is 5.11 Å². The van der Waals surface area contributed by atoms with Crippen molar-refractivity contribution in [1.82, 2.24) is 4.90 Å². The van der Waals surface area contributed by atoms with Crippen molar-refractivity contribution in [2.75, 3.05) is 13.1 Å². The van der Waals surface area contributed by atoms with Crippen molar-refractivity contribution in [3.63, 3.8) is 0 Å². The molecule has 0 heterocycles. The summed E-state index contributed by atoms with van der Waals surface area (Å²) < 4.78 is 0. The van der Waals surface area contributed by atoms with Crippen LogP contribution in [0, 0.1) is 13.8 Å². The molecule has 0 amide bonds. The second kappa shape index (κ2) is 7.24. The summed E-state index contributed by atoms with van der Waals surface area (Å²) in [6.45, 7) is 14.9. The number of likely N-dealkylation sites (N-methyl/N-ethyl adjacent to an activating group) is 1. The van der Waals surface area contributed by atoms with Gasteiger partial charge in [-0.15, -0.1) is 0 Å². The Labute approximate surface area is 124 Å². The van der Waals surface area contributed by atoms with Crippen molar-refractivity contribution in [1.29, 1.82) is 0 Å². The average Bonchev–Trinajstić information content (AvgIpc) is 2.43. The van der Waals surface area contributed by atoms with E-state index in [1.165, 1.54) is 16.7 Å². The van der Waals surface area contributed by atoms with Gasteiger partial charge >= 0.3 is 0 Å². The highest BCUT2D eigenvalue weighted by Gasteiger charge is 2.35. The van der Waals surface area contributed by atoms with Crippen LogP contribution in [0.15, 0.2) is 18.2 Å². The van der Waals surface area contributed by atoms with E-state index in [0.717, 1.165) is 25.9 Å². The molecule has 0 aliphatic heterocycles. The molecular formula is C18H31NO. The van der Waals surface area contributed by atoms with E-state index in [-0.39, 0.29) is 11.6 Å². The maximum atomic E-state index is 10.8. The summed E-state index contributed by atoms with van der Waals surface area (Å²) in [5.74, 6) is 0. The first-order chi connectivity index (χ1) is 9.38. The first-order valence-electron chi connectivity index (χ1n) is 7.88. The van der Waals surface area contributed by atoms with Gasteiger partial charge in [-0.1, -0.05) is 44.5 Å². The fourth-order valence-electron chi connectivity index (χ4n) is 3.06. The van der Waals surface area contributed by atoms with Crippen LogP contribution in [0.25, 0.3) is 0 Å². The zero-order valence-corrected chi connectivity index (χ0v) is 14.0. The van der Waals surface area contributed by atoms with Gasteiger partial charge in [-0.3, -0.25) is 4.90 Å². The van der Waals surface area contributed by atoms with E-state index in [0.29, 0.717) is 0 Å². The van der Waals surface area contributed by atoms with Crippen molar-refractivity contribution in [2.24, 2.45) is 0 Å². The summed E-state index contributed by atoms with van der Waals surface area (Å²) >= 11 is 0. The van der Waals surface area contributed by atoms with Crippen LogP contribution in [0.4, 0.5) is 0 Å². The van der Waals surface area contributed by atoms with Crippen LogP contribution in [-0.4, -0.2) is 34.7 Å². The van der Waals surface area contributed by atoms with Crippen LogP contribution < -0.4 is 0 Å². The molecule has 20 heavy (non-hydrogen) atoms. The Morgan fingerprint density at radius 1 is 1.15 bits per heavy atom. The molecule has 114 valence electrons. The number of hydrogen-bond acceptors (Lipinski definition) is 2. The lowest BCUT2D eigenvalue weighted by atomic mass is 9.84. The molecular weight excluding hydrogens is 246 g/mol. The second-order valence-electron chi connectivity index (χ2n) is 6.03. The highest BCUT2D eigenvalue weighted by molar-refractivity contribution is 5.31. The Bertz CT molecular complexity index is 425. The molecule has 1 N–H and O–H groups in total. The molecule has 1 aromatic carbocycles. The maximum Gasteiger partial charge on any atom is 0.0761 e. The summed E-state index contributed by atoms with van der Waals surface area (Å²) in [4.78, 5) is 2.38. The Hall–Kier alpha value is -0.860. The smallest absolute Gasteiger partial charge is 0.0761 e. The fourth-order valence-corrected chi connectivity index (χ4v) is 3.06. The Morgan fingerprint density at radius 2 is 1.75 bits per heavy atom. The SMILES string of the molecule is CCN(CC)C(C)(CC)C(O)Cc1cc(C)ccc1C. The third kappa shape index (κ3) is 3.62. The average molecular weight is 277 g/mol. The maximum absolute atomic E-state index is 10.8. The van der Waals surface area contributed by atoms with Crippen molar-refractivity contribution in [3.8, 4) is 0 Å². The number of benzene rings is 1. The molecule has 0 bridgehead atoms. The molecule has 0 aliphatic rings. The largest absolute Gasteiger partial charge is 0.391 e. The fraction of sp³-hybridized carbons (Fsp3) is 0.667. The molecule has 2 nitrogen and oxygen atoms in total. The number of rotatable bonds is 7. The molecule has 0 aliphatic carbocycles. The van der Waals surface area contributed by atoms with Gasteiger partial charge in [-0.05, 0) is 51.4 Å². The van der Waals surface area contributed by atoms with E-state index in [2.05, 4.69) is 64.6 Å². The number of hydrogen-bond donors (Lipinski definition) is 1. The molecule has 2 atom stereocenters. The minimum atomic E-state index is -0.340. The quantitative estimate of drug-likeness (QED) is 0.821. The lowest BCUT2D eigenvalue weighted by Crippen LogP contribution is -2.54. The van der Waals surface area contributed by atoms with Gasteiger partial charge in [0.1, 0.15) is 0 Å². The van der Waals surface area contributed by atoms with Crippen molar-refractivity contribution in [2.45, 2.75) is 66.0 Å². The van der Waals surface area contributed by atoms with Gasteiger partial charge in [0.25, 0.3) is 0 Å². The van der Waals surface area contributed by atoms with Crippen LogP contribution in [0.2, 0.25) is 0 Å². The topological polar surface area (TPSA) is 23.5 Å². The second-order valence-corrected chi connectivity index (χ2v) is 6.03. The minimum Gasteiger partial charge on any atom is -0.391 e. The van der Waals surface area contributed by atoms with Crippen LogP contribution in [0.1, 0.15) is 50.8 Å². The minimum absolute atomic E-state index is 0.153. The van der Waals surface area contributed by atoms with Crippen LogP contribution in [-0.2, 0) is 6.42 Å². The van der Waals surface area contributed by atoms with Crippen molar-refractivity contribution < 1.29 is 5.11 Å². The van der Waals surface area contributed by atoms with E-state index in [4.69, 9.17) is 0 Å².